The normalized spacial score (nSPS) is 12.2. The molecular formula is C68H50N2. The van der Waals surface area contributed by atoms with Gasteiger partial charge in [0.15, 0.2) is 0 Å². The summed E-state index contributed by atoms with van der Waals surface area (Å²) in [5.41, 5.74) is 14.1. The lowest BCUT2D eigenvalue weighted by atomic mass is 9.84. The summed E-state index contributed by atoms with van der Waals surface area (Å²) in [7, 11) is 0. The first-order chi connectivity index (χ1) is 34.7. The summed E-state index contributed by atoms with van der Waals surface area (Å²) in [6, 6.07) is 106. The molecule has 0 aliphatic heterocycles. The number of nitrogens with zero attached hydrogens (tertiary/aromatic N) is 2. The minimum absolute atomic E-state index is 0.0657. The van der Waals surface area contributed by atoms with Crippen LogP contribution in [0.25, 0.3) is 32.3 Å². The van der Waals surface area contributed by atoms with E-state index in [0.717, 1.165) is 34.1 Å². The van der Waals surface area contributed by atoms with E-state index in [9.17, 15) is 0 Å². The molecule has 0 aromatic heterocycles. The van der Waals surface area contributed by atoms with Crippen LogP contribution in [0, 0.1) is 0 Å². The first-order valence-electron chi connectivity index (χ1n) is 24.2. The van der Waals surface area contributed by atoms with E-state index in [2.05, 4.69) is 301 Å². The summed E-state index contributed by atoms with van der Waals surface area (Å²) < 4.78 is 0. The lowest BCUT2D eigenvalue weighted by Crippen LogP contribution is -2.13. The molecular weight excluding hydrogens is 845 g/mol. The van der Waals surface area contributed by atoms with Crippen molar-refractivity contribution in [3.63, 3.8) is 0 Å². The largest absolute Gasteiger partial charge is 0.311 e. The number of fused-ring (bicyclic) bond motifs is 3. The van der Waals surface area contributed by atoms with Gasteiger partial charge in [0.1, 0.15) is 0 Å². The van der Waals surface area contributed by atoms with Crippen LogP contribution in [-0.2, 0) is 0 Å². The average molecular weight is 895 g/mol. The van der Waals surface area contributed by atoms with Gasteiger partial charge in [0.05, 0.1) is 0 Å². The van der Waals surface area contributed by atoms with Gasteiger partial charge in [0, 0.05) is 46.0 Å². The van der Waals surface area contributed by atoms with Crippen LogP contribution in [-0.4, -0.2) is 0 Å². The second-order valence-electron chi connectivity index (χ2n) is 18.1. The van der Waals surface area contributed by atoms with E-state index in [0.29, 0.717) is 0 Å². The standard InChI is InChI=1S/C68H50N2/c1-4-19-52(20-5-1)67(59-30-28-49-16-10-13-23-56(49)46-59)54-33-37-62(38-34-54)69(63-39-35-55(36-40-63)68(53-21-6-2-7-22-53)60-31-29-50-17-11-14-24-57(50)47-60)64-42-44-65(45-43-64)70(61-26-8-3-9-27-61)66-41-32-51-18-12-15-25-58(51)48-66/h1-48,67-68H. The topological polar surface area (TPSA) is 6.48 Å². The predicted octanol–water partition coefficient (Wildman–Crippen LogP) is 18.4. The van der Waals surface area contributed by atoms with Crippen LogP contribution in [0.1, 0.15) is 45.2 Å². The molecule has 0 bridgehead atoms. The van der Waals surface area contributed by atoms with Gasteiger partial charge >= 0.3 is 0 Å². The smallest absolute Gasteiger partial charge is 0.0468 e. The summed E-state index contributed by atoms with van der Waals surface area (Å²) in [6.07, 6.45) is 0. The maximum Gasteiger partial charge on any atom is 0.0468 e. The Hall–Kier alpha value is -8.98. The van der Waals surface area contributed by atoms with Gasteiger partial charge in [0.2, 0.25) is 0 Å². The monoisotopic (exact) mass is 894 g/mol. The predicted molar refractivity (Wildman–Crippen MR) is 296 cm³/mol. The molecule has 0 radical (unpaired) electrons. The van der Waals surface area contributed by atoms with Crippen molar-refractivity contribution in [2.75, 3.05) is 9.80 Å². The van der Waals surface area contributed by atoms with Gasteiger partial charge in [-0.3, -0.25) is 0 Å². The Morgan fingerprint density at radius 3 is 0.843 bits per heavy atom. The molecule has 0 saturated carbocycles. The molecule has 0 spiro atoms. The summed E-state index contributed by atoms with van der Waals surface area (Å²) in [5.74, 6) is 0.131. The molecule has 0 aliphatic rings. The van der Waals surface area contributed by atoms with Gasteiger partial charge in [-0.05, 0) is 138 Å². The molecule has 12 aromatic rings. The molecule has 70 heavy (non-hydrogen) atoms. The molecule has 12 rings (SSSR count). The summed E-state index contributed by atoms with van der Waals surface area (Å²) in [6.45, 7) is 0. The molecule has 2 atom stereocenters. The zero-order valence-corrected chi connectivity index (χ0v) is 38.8. The second kappa shape index (κ2) is 19.0. The van der Waals surface area contributed by atoms with Crippen molar-refractivity contribution in [3.8, 4) is 0 Å². The first-order valence-corrected chi connectivity index (χ1v) is 24.2. The van der Waals surface area contributed by atoms with E-state index in [4.69, 9.17) is 0 Å². The maximum absolute atomic E-state index is 2.39. The van der Waals surface area contributed by atoms with Crippen LogP contribution < -0.4 is 9.80 Å². The third kappa shape index (κ3) is 8.49. The van der Waals surface area contributed by atoms with Crippen LogP contribution in [0.5, 0.6) is 0 Å². The van der Waals surface area contributed by atoms with Gasteiger partial charge in [0.25, 0.3) is 0 Å². The Morgan fingerprint density at radius 1 is 0.171 bits per heavy atom. The lowest BCUT2D eigenvalue weighted by Gasteiger charge is -2.29. The van der Waals surface area contributed by atoms with Gasteiger partial charge in [-0.15, -0.1) is 0 Å². The number of para-hydroxylation sites is 1. The zero-order valence-electron chi connectivity index (χ0n) is 38.8. The fourth-order valence-corrected chi connectivity index (χ4v) is 10.4. The quantitative estimate of drug-likeness (QED) is 0.113. The van der Waals surface area contributed by atoms with E-state index in [1.54, 1.807) is 0 Å². The second-order valence-corrected chi connectivity index (χ2v) is 18.1. The van der Waals surface area contributed by atoms with Crippen LogP contribution in [0.3, 0.4) is 0 Å². The summed E-state index contributed by atoms with van der Waals surface area (Å²) in [5, 5.41) is 7.42. The van der Waals surface area contributed by atoms with Crippen molar-refractivity contribution < 1.29 is 0 Å². The van der Waals surface area contributed by atoms with Crippen molar-refractivity contribution in [1.82, 2.24) is 0 Å². The van der Waals surface area contributed by atoms with E-state index < -0.39 is 0 Å². The van der Waals surface area contributed by atoms with Crippen LogP contribution in [0.15, 0.2) is 291 Å². The Morgan fingerprint density at radius 2 is 0.429 bits per heavy atom. The van der Waals surface area contributed by atoms with Crippen molar-refractivity contribution in [1.29, 1.82) is 0 Å². The fourth-order valence-electron chi connectivity index (χ4n) is 10.4. The van der Waals surface area contributed by atoms with E-state index in [-0.39, 0.29) is 11.8 Å². The molecule has 2 unspecified atom stereocenters. The highest BCUT2D eigenvalue weighted by molar-refractivity contribution is 5.90. The molecule has 0 fully saturated rings. The highest BCUT2D eigenvalue weighted by Gasteiger charge is 2.22. The molecule has 332 valence electrons. The highest BCUT2D eigenvalue weighted by Crippen LogP contribution is 2.43. The highest BCUT2D eigenvalue weighted by atomic mass is 15.2. The van der Waals surface area contributed by atoms with Gasteiger partial charge in [-0.25, -0.2) is 0 Å². The van der Waals surface area contributed by atoms with E-state index in [1.807, 2.05) is 0 Å². The Balaban J connectivity index is 0.961. The first kappa shape index (κ1) is 42.4. The SMILES string of the molecule is c1ccc(C(c2ccc(N(c3ccc(C(c4ccccc4)c4ccc5ccccc5c4)cc3)c3ccc(N(c4ccccc4)c4ccc5ccccc5c4)cc3)cc2)c2ccc3ccccc3c2)cc1. The van der Waals surface area contributed by atoms with Crippen molar-refractivity contribution in [2.24, 2.45) is 0 Å². The number of hydrogen-bond donors (Lipinski definition) is 0. The molecule has 0 amide bonds. The van der Waals surface area contributed by atoms with Gasteiger partial charge < -0.3 is 9.80 Å². The third-order valence-corrected chi connectivity index (χ3v) is 13.8. The third-order valence-electron chi connectivity index (χ3n) is 13.8. The molecule has 0 saturated heterocycles. The molecule has 0 heterocycles. The summed E-state index contributed by atoms with van der Waals surface area (Å²) in [4.78, 5) is 4.73. The molecule has 2 nitrogen and oxygen atoms in total. The van der Waals surface area contributed by atoms with E-state index >= 15 is 0 Å². The number of rotatable bonds is 12. The van der Waals surface area contributed by atoms with Crippen molar-refractivity contribution in [2.45, 2.75) is 11.8 Å². The average Bonchev–Trinajstić information content (AvgIpc) is 3.43. The number of benzene rings is 12. The Bertz CT molecular complexity index is 3300. The van der Waals surface area contributed by atoms with Crippen LogP contribution in [0.2, 0.25) is 0 Å². The molecule has 12 aromatic carbocycles. The Labute approximate surface area is 410 Å². The number of anilines is 6. The van der Waals surface area contributed by atoms with Crippen molar-refractivity contribution >= 4 is 66.4 Å². The van der Waals surface area contributed by atoms with Crippen LogP contribution in [0.4, 0.5) is 34.1 Å². The van der Waals surface area contributed by atoms with Crippen LogP contribution >= 0.6 is 0 Å². The maximum atomic E-state index is 2.39. The zero-order chi connectivity index (χ0) is 46.6. The lowest BCUT2D eigenvalue weighted by molar-refractivity contribution is 0.978. The minimum Gasteiger partial charge on any atom is -0.311 e. The van der Waals surface area contributed by atoms with E-state index in [1.165, 1.54) is 65.7 Å². The molecule has 0 aliphatic carbocycles. The fraction of sp³-hybridized carbons (Fsp3) is 0.0294. The molecule has 0 N–H and O–H groups in total. The number of hydrogen-bond acceptors (Lipinski definition) is 2. The summed E-state index contributed by atoms with van der Waals surface area (Å²) >= 11 is 0. The Kier molecular flexibility index (Phi) is 11.5. The van der Waals surface area contributed by atoms with Gasteiger partial charge in [-0.1, -0.05) is 218 Å². The minimum atomic E-state index is 0.0657. The van der Waals surface area contributed by atoms with Crippen molar-refractivity contribution in [3.05, 3.63) is 325 Å². The molecule has 2 heteroatoms. The van der Waals surface area contributed by atoms with Gasteiger partial charge in [-0.2, -0.15) is 0 Å².